The van der Waals surface area contributed by atoms with E-state index in [0.717, 1.165) is 25.7 Å². The fourth-order valence-electron chi connectivity index (χ4n) is 3.53. The second kappa shape index (κ2) is 6.15. The molecule has 1 aromatic rings. The number of thioether (sulfide) groups is 1. The molecule has 2 heterocycles. The van der Waals surface area contributed by atoms with Gasteiger partial charge in [0.25, 0.3) is 0 Å². The van der Waals surface area contributed by atoms with Crippen LogP contribution in [0, 0.1) is 0 Å². The number of benzene rings is 1. The maximum Gasteiger partial charge on any atom is 0.410 e. The molecule has 120 valence electrons. The van der Waals surface area contributed by atoms with E-state index >= 15 is 0 Å². The van der Waals surface area contributed by atoms with E-state index in [2.05, 4.69) is 30.3 Å². The lowest BCUT2D eigenvalue weighted by Crippen LogP contribution is -2.49. The van der Waals surface area contributed by atoms with Crippen molar-refractivity contribution in [1.82, 2.24) is 4.90 Å². The molecule has 2 aliphatic rings. The Bertz CT molecular complexity index is 512. The largest absolute Gasteiger partial charge is 0.444 e. The monoisotopic (exact) mass is 319 g/mol. The van der Waals surface area contributed by atoms with Crippen molar-refractivity contribution >= 4 is 17.9 Å². The second-order valence-corrected chi connectivity index (χ2v) is 8.67. The summed E-state index contributed by atoms with van der Waals surface area (Å²) in [5, 5.41) is 0.610. The maximum absolute atomic E-state index is 12.4. The molecule has 1 amide bonds. The summed E-state index contributed by atoms with van der Waals surface area (Å²) in [7, 11) is 0. The van der Waals surface area contributed by atoms with E-state index in [1.54, 1.807) is 0 Å². The topological polar surface area (TPSA) is 29.5 Å². The van der Waals surface area contributed by atoms with Gasteiger partial charge in [-0.15, -0.1) is 11.8 Å². The average molecular weight is 319 g/mol. The minimum atomic E-state index is -0.411. The summed E-state index contributed by atoms with van der Waals surface area (Å²) in [5.74, 6) is 0. The van der Waals surface area contributed by atoms with Gasteiger partial charge in [0.2, 0.25) is 0 Å². The van der Waals surface area contributed by atoms with Crippen LogP contribution in [0.4, 0.5) is 4.79 Å². The van der Waals surface area contributed by atoms with Crippen molar-refractivity contribution in [3.63, 3.8) is 0 Å². The summed E-state index contributed by atoms with van der Waals surface area (Å²) in [6, 6.07) is 11.3. The molecule has 3 nitrogen and oxygen atoms in total. The van der Waals surface area contributed by atoms with Crippen LogP contribution in [0.1, 0.15) is 46.5 Å². The minimum absolute atomic E-state index is 0.122. The Morgan fingerprint density at radius 3 is 2.27 bits per heavy atom. The number of piperidine rings is 1. The fourth-order valence-corrected chi connectivity index (χ4v) is 4.86. The SMILES string of the molecule is CC(C)(C)OC(=O)N1[C@@H]2CC[C@H]1CC(Sc1ccccc1)C2. The maximum atomic E-state index is 12.4. The number of hydrogen-bond acceptors (Lipinski definition) is 3. The number of fused-ring (bicyclic) bond motifs is 2. The summed E-state index contributed by atoms with van der Waals surface area (Å²) in [6.45, 7) is 5.81. The highest BCUT2D eigenvalue weighted by Crippen LogP contribution is 2.42. The Kier molecular flexibility index (Phi) is 4.40. The smallest absolute Gasteiger partial charge is 0.410 e. The van der Waals surface area contributed by atoms with E-state index in [4.69, 9.17) is 4.74 Å². The minimum Gasteiger partial charge on any atom is -0.444 e. The Labute approximate surface area is 137 Å². The molecule has 0 aromatic heterocycles. The molecule has 2 bridgehead atoms. The Morgan fingerprint density at radius 2 is 1.73 bits per heavy atom. The first kappa shape index (κ1) is 15.7. The van der Waals surface area contributed by atoms with Crippen molar-refractivity contribution < 1.29 is 9.53 Å². The van der Waals surface area contributed by atoms with E-state index in [0.29, 0.717) is 17.3 Å². The van der Waals surface area contributed by atoms with Gasteiger partial charge in [0, 0.05) is 22.2 Å². The van der Waals surface area contributed by atoms with Crippen molar-refractivity contribution in [2.24, 2.45) is 0 Å². The molecule has 1 aromatic carbocycles. The number of carbonyl (C=O) groups excluding carboxylic acids is 1. The third-order valence-corrected chi connectivity index (χ3v) is 5.60. The number of amides is 1. The van der Waals surface area contributed by atoms with Gasteiger partial charge in [-0.3, -0.25) is 0 Å². The van der Waals surface area contributed by atoms with Crippen molar-refractivity contribution in [2.45, 2.75) is 74.3 Å². The van der Waals surface area contributed by atoms with Gasteiger partial charge in [-0.25, -0.2) is 4.79 Å². The third kappa shape index (κ3) is 3.60. The van der Waals surface area contributed by atoms with Gasteiger partial charge < -0.3 is 9.64 Å². The highest BCUT2D eigenvalue weighted by atomic mass is 32.2. The zero-order valence-electron chi connectivity index (χ0n) is 13.6. The van der Waals surface area contributed by atoms with Crippen LogP contribution in [-0.4, -0.2) is 33.9 Å². The second-order valence-electron chi connectivity index (χ2n) is 7.30. The summed E-state index contributed by atoms with van der Waals surface area (Å²) in [4.78, 5) is 15.8. The predicted octanol–water partition coefficient (Wildman–Crippen LogP) is 4.71. The molecule has 2 aliphatic heterocycles. The van der Waals surface area contributed by atoms with Crippen LogP contribution in [0.5, 0.6) is 0 Å². The number of carbonyl (C=O) groups is 1. The van der Waals surface area contributed by atoms with Crippen LogP contribution in [-0.2, 0) is 4.74 Å². The summed E-state index contributed by atoms with van der Waals surface area (Å²) in [6.07, 6.45) is 4.28. The first-order valence-corrected chi connectivity index (χ1v) is 9.03. The van der Waals surface area contributed by atoms with E-state index < -0.39 is 5.60 Å². The molecular formula is C18H25NO2S. The van der Waals surface area contributed by atoms with Crippen molar-refractivity contribution in [1.29, 1.82) is 0 Å². The van der Waals surface area contributed by atoms with Gasteiger partial charge >= 0.3 is 6.09 Å². The molecule has 0 aliphatic carbocycles. The normalized spacial score (nSPS) is 27.8. The van der Waals surface area contributed by atoms with E-state index in [9.17, 15) is 4.79 Å². The predicted molar refractivity (Wildman–Crippen MR) is 90.2 cm³/mol. The molecule has 1 unspecified atom stereocenters. The third-order valence-electron chi connectivity index (χ3n) is 4.34. The van der Waals surface area contributed by atoms with Crippen LogP contribution < -0.4 is 0 Å². The number of nitrogens with zero attached hydrogens (tertiary/aromatic N) is 1. The Hall–Kier alpha value is -1.16. The van der Waals surface area contributed by atoms with Gasteiger partial charge in [0.15, 0.2) is 0 Å². The lowest BCUT2D eigenvalue weighted by atomic mass is 10.0. The van der Waals surface area contributed by atoms with Crippen LogP contribution >= 0.6 is 11.8 Å². The molecule has 4 heteroatoms. The van der Waals surface area contributed by atoms with Crippen LogP contribution in [0.2, 0.25) is 0 Å². The van der Waals surface area contributed by atoms with Gasteiger partial charge in [0.05, 0.1) is 0 Å². The van der Waals surface area contributed by atoms with Crippen LogP contribution in [0.15, 0.2) is 35.2 Å². The lowest BCUT2D eigenvalue weighted by Gasteiger charge is -2.39. The van der Waals surface area contributed by atoms with Gasteiger partial charge in [-0.05, 0) is 58.6 Å². The molecule has 0 saturated carbocycles. The first-order chi connectivity index (χ1) is 10.4. The molecule has 2 saturated heterocycles. The summed E-state index contributed by atoms with van der Waals surface area (Å²) in [5.41, 5.74) is -0.411. The summed E-state index contributed by atoms with van der Waals surface area (Å²) < 4.78 is 5.59. The molecule has 0 radical (unpaired) electrons. The molecule has 0 spiro atoms. The van der Waals surface area contributed by atoms with Gasteiger partial charge in [-0.2, -0.15) is 0 Å². The molecule has 0 N–H and O–H groups in total. The zero-order valence-corrected chi connectivity index (χ0v) is 14.4. The van der Waals surface area contributed by atoms with E-state index in [-0.39, 0.29) is 6.09 Å². The standard InChI is InChI=1S/C18H25NO2S/c1-18(2,3)21-17(20)19-13-9-10-14(19)12-16(11-13)22-15-7-5-4-6-8-15/h4-8,13-14,16H,9-12H2,1-3H3/t13-,14+,16?. The highest BCUT2D eigenvalue weighted by Gasteiger charge is 2.44. The van der Waals surface area contributed by atoms with E-state index in [1.807, 2.05) is 37.4 Å². The summed E-state index contributed by atoms with van der Waals surface area (Å²) >= 11 is 1.96. The molecule has 3 rings (SSSR count). The highest BCUT2D eigenvalue weighted by molar-refractivity contribution is 8.00. The Morgan fingerprint density at radius 1 is 1.14 bits per heavy atom. The number of hydrogen-bond donors (Lipinski definition) is 0. The van der Waals surface area contributed by atoms with Gasteiger partial charge in [-0.1, -0.05) is 18.2 Å². The number of rotatable bonds is 2. The van der Waals surface area contributed by atoms with E-state index in [1.165, 1.54) is 4.90 Å². The molecule has 22 heavy (non-hydrogen) atoms. The van der Waals surface area contributed by atoms with Crippen molar-refractivity contribution in [2.75, 3.05) is 0 Å². The van der Waals surface area contributed by atoms with Crippen LogP contribution in [0.25, 0.3) is 0 Å². The quantitative estimate of drug-likeness (QED) is 0.790. The van der Waals surface area contributed by atoms with Crippen molar-refractivity contribution in [3.8, 4) is 0 Å². The molecule has 3 atom stereocenters. The molecule has 2 fully saturated rings. The lowest BCUT2D eigenvalue weighted by molar-refractivity contribution is 0.00842. The Balaban J connectivity index is 1.63. The fraction of sp³-hybridized carbons (Fsp3) is 0.611. The van der Waals surface area contributed by atoms with Crippen LogP contribution in [0.3, 0.4) is 0 Å². The zero-order chi connectivity index (χ0) is 15.7. The first-order valence-electron chi connectivity index (χ1n) is 8.15. The van der Waals surface area contributed by atoms with Crippen molar-refractivity contribution in [3.05, 3.63) is 30.3 Å². The number of ether oxygens (including phenoxy) is 1. The van der Waals surface area contributed by atoms with Gasteiger partial charge in [0.1, 0.15) is 5.60 Å². The average Bonchev–Trinajstić information content (AvgIpc) is 2.70. The molecular weight excluding hydrogens is 294 g/mol.